The first kappa shape index (κ1) is 13.0. The molecule has 5 nitrogen and oxygen atoms in total. The van der Waals surface area contributed by atoms with Crippen LogP contribution in [0.5, 0.6) is 0 Å². The van der Waals surface area contributed by atoms with Crippen molar-refractivity contribution in [3.63, 3.8) is 0 Å². The van der Waals surface area contributed by atoms with Gasteiger partial charge in [-0.05, 0) is 32.6 Å². The van der Waals surface area contributed by atoms with Gasteiger partial charge in [0.2, 0.25) is 5.91 Å². The van der Waals surface area contributed by atoms with E-state index >= 15 is 0 Å². The minimum Gasteiger partial charge on any atom is -0.480 e. The van der Waals surface area contributed by atoms with Crippen molar-refractivity contribution in [3.8, 4) is 0 Å². The molecule has 1 amide bonds. The first-order valence-corrected chi connectivity index (χ1v) is 5.54. The molecule has 1 fully saturated rings. The molecule has 1 atom stereocenters. The van der Waals surface area contributed by atoms with Crippen LogP contribution < -0.4 is 5.32 Å². The maximum absolute atomic E-state index is 11.6. The summed E-state index contributed by atoms with van der Waals surface area (Å²) in [7, 11) is 0. The minimum atomic E-state index is -1.20. The van der Waals surface area contributed by atoms with Gasteiger partial charge in [0, 0.05) is 19.6 Å². The topological polar surface area (TPSA) is 75.6 Å². The second-order valence-corrected chi connectivity index (χ2v) is 4.77. The van der Waals surface area contributed by atoms with E-state index in [1.165, 1.54) is 13.8 Å². The zero-order chi connectivity index (χ0) is 12.2. The van der Waals surface area contributed by atoms with Crippen molar-refractivity contribution in [2.45, 2.75) is 38.6 Å². The van der Waals surface area contributed by atoms with Crippen LogP contribution in [0.2, 0.25) is 0 Å². The summed E-state index contributed by atoms with van der Waals surface area (Å²) in [5.41, 5.74) is -1.20. The van der Waals surface area contributed by atoms with E-state index in [1.54, 1.807) is 0 Å². The molecule has 92 valence electrons. The molecule has 0 aromatic heterocycles. The normalized spacial score (nSPS) is 21.5. The lowest BCUT2D eigenvalue weighted by Crippen LogP contribution is -2.50. The van der Waals surface area contributed by atoms with Crippen LogP contribution in [0.15, 0.2) is 0 Å². The van der Waals surface area contributed by atoms with E-state index in [9.17, 15) is 9.59 Å². The summed E-state index contributed by atoms with van der Waals surface area (Å²) in [5, 5.41) is 11.4. The van der Waals surface area contributed by atoms with Crippen LogP contribution in [-0.4, -0.2) is 35.7 Å². The van der Waals surface area contributed by atoms with Gasteiger partial charge in [-0.15, -0.1) is 0 Å². The highest BCUT2D eigenvalue weighted by molar-refractivity contribution is 5.86. The Hall–Kier alpha value is -1.10. The van der Waals surface area contributed by atoms with Crippen LogP contribution in [0.1, 0.15) is 33.1 Å². The number of carbonyl (C=O) groups excluding carboxylic acids is 1. The van der Waals surface area contributed by atoms with Gasteiger partial charge in [0.1, 0.15) is 5.54 Å². The highest BCUT2D eigenvalue weighted by Gasteiger charge is 2.29. The van der Waals surface area contributed by atoms with E-state index in [-0.39, 0.29) is 11.8 Å². The molecular formula is C11H19NO4. The fourth-order valence-corrected chi connectivity index (χ4v) is 1.68. The first-order valence-electron chi connectivity index (χ1n) is 5.54. The van der Waals surface area contributed by atoms with Gasteiger partial charge in [0.05, 0.1) is 0 Å². The van der Waals surface area contributed by atoms with Crippen molar-refractivity contribution < 1.29 is 19.4 Å². The molecule has 1 saturated heterocycles. The van der Waals surface area contributed by atoms with Crippen molar-refractivity contribution >= 4 is 11.9 Å². The number of ether oxygens (including phenoxy) is 1. The summed E-state index contributed by atoms with van der Waals surface area (Å²) >= 11 is 0. The van der Waals surface area contributed by atoms with Gasteiger partial charge in [-0.1, -0.05) is 0 Å². The van der Waals surface area contributed by atoms with Gasteiger partial charge in [0.25, 0.3) is 0 Å². The third-order valence-corrected chi connectivity index (χ3v) is 2.72. The molecule has 1 aliphatic rings. The van der Waals surface area contributed by atoms with E-state index in [2.05, 4.69) is 5.32 Å². The Morgan fingerprint density at radius 2 is 2.19 bits per heavy atom. The van der Waals surface area contributed by atoms with Crippen LogP contribution in [-0.2, 0) is 14.3 Å². The number of nitrogens with one attached hydrogen (secondary N) is 1. The van der Waals surface area contributed by atoms with Gasteiger partial charge < -0.3 is 15.2 Å². The number of hydrogen-bond donors (Lipinski definition) is 2. The number of rotatable bonds is 4. The fourth-order valence-electron chi connectivity index (χ4n) is 1.68. The fraction of sp³-hybridized carbons (Fsp3) is 0.818. The molecule has 0 aliphatic carbocycles. The van der Waals surface area contributed by atoms with Crippen LogP contribution in [0.3, 0.4) is 0 Å². The maximum Gasteiger partial charge on any atom is 0.328 e. The number of hydrogen-bond acceptors (Lipinski definition) is 3. The van der Waals surface area contributed by atoms with Gasteiger partial charge in [0.15, 0.2) is 0 Å². The van der Waals surface area contributed by atoms with Crippen molar-refractivity contribution in [3.05, 3.63) is 0 Å². The van der Waals surface area contributed by atoms with Crippen LogP contribution in [0.25, 0.3) is 0 Å². The standard InChI is InChI=1S/C11H19NO4/c1-11(2,10(14)15)12-9(13)6-8-4-3-5-16-7-8/h8H,3-7H2,1-2H3,(H,12,13)(H,14,15). The van der Waals surface area contributed by atoms with Crippen molar-refractivity contribution in [1.29, 1.82) is 0 Å². The molecule has 0 saturated carbocycles. The quantitative estimate of drug-likeness (QED) is 0.747. The number of carboxylic acids is 1. The van der Waals surface area contributed by atoms with Crippen molar-refractivity contribution in [2.24, 2.45) is 5.92 Å². The summed E-state index contributed by atoms with van der Waals surface area (Å²) < 4.78 is 5.26. The third kappa shape index (κ3) is 3.81. The molecule has 1 unspecified atom stereocenters. The Bertz CT molecular complexity index is 269. The Labute approximate surface area is 95.2 Å². The second kappa shape index (κ2) is 5.30. The molecule has 2 N–H and O–H groups in total. The molecule has 0 aromatic carbocycles. The predicted octanol–water partition coefficient (Wildman–Crippen LogP) is 0.782. The number of amides is 1. The SMILES string of the molecule is CC(C)(NC(=O)CC1CCCOC1)C(=O)O. The lowest BCUT2D eigenvalue weighted by atomic mass is 9.97. The van der Waals surface area contributed by atoms with E-state index in [4.69, 9.17) is 9.84 Å². The smallest absolute Gasteiger partial charge is 0.328 e. The summed E-state index contributed by atoms with van der Waals surface area (Å²) in [6, 6.07) is 0. The Balaban J connectivity index is 2.37. The third-order valence-electron chi connectivity index (χ3n) is 2.72. The Morgan fingerprint density at radius 3 is 2.69 bits per heavy atom. The zero-order valence-electron chi connectivity index (χ0n) is 9.78. The first-order chi connectivity index (χ1) is 7.42. The lowest BCUT2D eigenvalue weighted by molar-refractivity contribution is -0.146. The largest absolute Gasteiger partial charge is 0.480 e. The molecule has 0 bridgehead atoms. The molecule has 5 heteroatoms. The monoisotopic (exact) mass is 229 g/mol. The Morgan fingerprint density at radius 1 is 1.50 bits per heavy atom. The zero-order valence-corrected chi connectivity index (χ0v) is 9.78. The summed E-state index contributed by atoms with van der Waals surface area (Å²) in [4.78, 5) is 22.4. The van der Waals surface area contributed by atoms with Gasteiger partial charge in [-0.2, -0.15) is 0 Å². The molecule has 0 spiro atoms. The van der Waals surface area contributed by atoms with Crippen LogP contribution in [0, 0.1) is 5.92 Å². The average molecular weight is 229 g/mol. The van der Waals surface area contributed by atoms with Crippen molar-refractivity contribution in [1.82, 2.24) is 5.32 Å². The van der Waals surface area contributed by atoms with Crippen LogP contribution >= 0.6 is 0 Å². The lowest BCUT2D eigenvalue weighted by Gasteiger charge is -2.25. The molecule has 1 heterocycles. The second-order valence-electron chi connectivity index (χ2n) is 4.77. The predicted molar refractivity (Wildman–Crippen MR) is 58.0 cm³/mol. The van der Waals surface area contributed by atoms with E-state index < -0.39 is 11.5 Å². The molecule has 1 rings (SSSR count). The molecular weight excluding hydrogens is 210 g/mol. The minimum absolute atomic E-state index is 0.220. The highest BCUT2D eigenvalue weighted by atomic mass is 16.5. The average Bonchev–Trinajstić information content (AvgIpc) is 2.17. The molecule has 0 radical (unpaired) electrons. The van der Waals surface area contributed by atoms with Gasteiger partial charge in [-0.3, -0.25) is 4.79 Å². The molecule has 0 aromatic rings. The van der Waals surface area contributed by atoms with E-state index in [1.807, 2.05) is 0 Å². The maximum atomic E-state index is 11.6. The number of carboxylic acid groups (broad SMARTS) is 1. The Kier molecular flexibility index (Phi) is 4.29. The molecule has 16 heavy (non-hydrogen) atoms. The van der Waals surface area contributed by atoms with Crippen LogP contribution in [0.4, 0.5) is 0 Å². The summed E-state index contributed by atoms with van der Waals surface area (Å²) in [6.45, 7) is 4.31. The van der Waals surface area contributed by atoms with Gasteiger partial charge >= 0.3 is 5.97 Å². The van der Waals surface area contributed by atoms with Crippen molar-refractivity contribution in [2.75, 3.05) is 13.2 Å². The summed E-state index contributed by atoms with van der Waals surface area (Å²) in [6.07, 6.45) is 2.29. The number of aliphatic carboxylic acids is 1. The number of carbonyl (C=O) groups is 2. The van der Waals surface area contributed by atoms with Gasteiger partial charge in [-0.25, -0.2) is 4.79 Å². The highest BCUT2D eigenvalue weighted by Crippen LogP contribution is 2.17. The summed E-state index contributed by atoms with van der Waals surface area (Å²) in [5.74, 6) is -1.03. The van der Waals surface area contributed by atoms with E-state index in [0.717, 1.165) is 19.4 Å². The molecule has 1 aliphatic heterocycles. The van der Waals surface area contributed by atoms with E-state index in [0.29, 0.717) is 13.0 Å².